The first-order chi connectivity index (χ1) is 13.6. The predicted octanol–water partition coefficient (Wildman–Crippen LogP) is 3.33. The molecule has 1 aromatic carbocycles. The van der Waals surface area contributed by atoms with Gasteiger partial charge in [0, 0.05) is 57.8 Å². The molecule has 164 valence electrons. The van der Waals surface area contributed by atoms with Crippen molar-refractivity contribution in [2.24, 2.45) is 10.9 Å². The van der Waals surface area contributed by atoms with Crippen molar-refractivity contribution >= 4 is 29.9 Å². The van der Waals surface area contributed by atoms with Gasteiger partial charge in [-0.25, -0.2) is 0 Å². The molecule has 5 nitrogen and oxygen atoms in total. The van der Waals surface area contributed by atoms with E-state index in [1.165, 1.54) is 12.0 Å². The van der Waals surface area contributed by atoms with Crippen molar-refractivity contribution in [2.45, 2.75) is 39.2 Å². The molecule has 6 heteroatoms. The second-order valence-electron chi connectivity index (χ2n) is 8.69. The van der Waals surface area contributed by atoms with Crippen LogP contribution >= 0.6 is 24.0 Å². The monoisotopic (exact) mass is 513 g/mol. The maximum atomic E-state index is 5.12. The Kier molecular flexibility index (Phi) is 10.2. The molecular formula is C23H40IN5. The minimum absolute atomic E-state index is 0. The molecule has 0 radical (unpaired) electrons. The molecule has 2 saturated heterocycles. The van der Waals surface area contributed by atoms with Gasteiger partial charge in [0.2, 0.25) is 0 Å². The molecule has 1 aromatic rings. The number of hydrogen-bond acceptors (Lipinski definition) is 3. The van der Waals surface area contributed by atoms with Crippen LogP contribution in [-0.4, -0.2) is 86.1 Å². The van der Waals surface area contributed by atoms with Crippen LogP contribution < -0.4 is 5.32 Å². The number of halogens is 1. The SMILES string of the molecule is CCNC(=NCC(C(C)C)N1CCN(C)CC1)N1CCC(c2ccccc2)C1.I. The summed E-state index contributed by atoms with van der Waals surface area (Å²) in [6.07, 6.45) is 1.21. The minimum atomic E-state index is 0. The number of benzene rings is 1. The van der Waals surface area contributed by atoms with E-state index in [1.54, 1.807) is 0 Å². The van der Waals surface area contributed by atoms with E-state index in [-0.39, 0.29) is 24.0 Å². The lowest BCUT2D eigenvalue weighted by Crippen LogP contribution is -2.52. The Balaban J connectivity index is 0.00000300. The first kappa shape index (κ1) is 24.4. The Labute approximate surface area is 194 Å². The fraction of sp³-hybridized carbons (Fsp3) is 0.696. The van der Waals surface area contributed by atoms with Crippen molar-refractivity contribution in [3.8, 4) is 0 Å². The lowest BCUT2D eigenvalue weighted by Gasteiger charge is -2.39. The van der Waals surface area contributed by atoms with Gasteiger partial charge >= 0.3 is 0 Å². The summed E-state index contributed by atoms with van der Waals surface area (Å²) in [5.74, 6) is 2.33. The number of piperazine rings is 1. The highest BCUT2D eigenvalue weighted by Gasteiger charge is 2.28. The van der Waals surface area contributed by atoms with Gasteiger partial charge < -0.3 is 15.1 Å². The normalized spacial score (nSPS) is 22.6. The molecule has 0 bridgehead atoms. The quantitative estimate of drug-likeness (QED) is 0.360. The van der Waals surface area contributed by atoms with Crippen LogP contribution in [0.2, 0.25) is 0 Å². The Morgan fingerprint density at radius 2 is 1.79 bits per heavy atom. The van der Waals surface area contributed by atoms with E-state index in [9.17, 15) is 0 Å². The van der Waals surface area contributed by atoms with Crippen molar-refractivity contribution in [3.63, 3.8) is 0 Å². The average molecular weight is 514 g/mol. The Bertz CT molecular complexity index is 613. The lowest BCUT2D eigenvalue weighted by molar-refractivity contribution is 0.0924. The van der Waals surface area contributed by atoms with Crippen LogP contribution in [0, 0.1) is 5.92 Å². The molecule has 29 heavy (non-hydrogen) atoms. The molecule has 0 aromatic heterocycles. The average Bonchev–Trinajstić information content (AvgIpc) is 3.19. The second kappa shape index (κ2) is 12.1. The summed E-state index contributed by atoms with van der Waals surface area (Å²) in [6, 6.07) is 11.5. The number of aliphatic imine (C=N–C) groups is 1. The highest BCUT2D eigenvalue weighted by atomic mass is 127. The Hall–Kier alpha value is -0.860. The lowest BCUT2D eigenvalue weighted by atomic mass is 9.99. The van der Waals surface area contributed by atoms with Crippen LogP contribution in [0.1, 0.15) is 38.7 Å². The number of likely N-dealkylation sites (tertiary alicyclic amines) is 1. The third-order valence-corrected chi connectivity index (χ3v) is 6.30. The molecule has 0 amide bonds. The first-order valence-electron chi connectivity index (χ1n) is 11.1. The number of guanidine groups is 1. The summed E-state index contributed by atoms with van der Waals surface area (Å²) in [7, 11) is 2.22. The van der Waals surface area contributed by atoms with Gasteiger partial charge in [-0.1, -0.05) is 44.2 Å². The van der Waals surface area contributed by atoms with Gasteiger partial charge in [0.1, 0.15) is 0 Å². The van der Waals surface area contributed by atoms with E-state index >= 15 is 0 Å². The van der Waals surface area contributed by atoms with Gasteiger partial charge in [-0.05, 0) is 31.9 Å². The zero-order chi connectivity index (χ0) is 19.9. The predicted molar refractivity (Wildman–Crippen MR) is 134 cm³/mol. The molecule has 2 aliphatic rings. The molecule has 1 N–H and O–H groups in total. The van der Waals surface area contributed by atoms with Gasteiger partial charge in [-0.15, -0.1) is 24.0 Å². The molecule has 0 aliphatic carbocycles. The van der Waals surface area contributed by atoms with E-state index in [0.29, 0.717) is 17.9 Å². The van der Waals surface area contributed by atoms with Crippen LogP contribution in [0.15, 0.2) is 35.3 Å². The van der Waals surface area contributed by atoms with Crippen molar-refractivity contribution in [2.75, 3.05) is 59.4 Å². The van der Waals surface area contributed by atoms with Crippen molar-refractivity contribution in [1.82, 2.24) is 20.0 Å². The number of likely N-dealkylation sites (N-methyl/N-ethyl adjacent to an activating group) is 1. The van der Waals surface area contributed by atoms with Crippen molar-refractivity contribution in [1.29, 1.82) is 0 Å². The highest BCUT2D eigenvalue weighted by molar-refractivity contribution is 14.0. The number of nitrogens with zero attached hydrogens (tertiary/aromatic N) is 4. The molecule has 3 rings (SSSR count). The molecule has 2 aliphatic heterocycles. The van der Waals surface area contributed by atoms with Crippen molar-refractivity contribution < 1.29 is 0 Å². The third-order valence-electron chi connectivity index (χ3n) is 6.30. The van der Waals surface area contributed by atoms with E-state index in [2.05, 4.69) is 78.2 Å². The molecule has 2 unspecified atom stereocenters. The third kappa shape index (κ3) is 6.82. The molecule has 2 heterocycles. The number of hydrogen-bond donors (Lipinski definition) is 1. The molecule has 2 atom stereocenters. The topological polar surface area (TPSA) is 34.1 Å². The van der Waals surface area contributed by atoms with E-state index in [4.69, 9.17) is 4.99 Å². The van der Waals surface area contributed by atoms with Gasteiger partial charge in [0.05, 0.1) is 6.54 Å². The van der Waals surface area contributed by atoms with Gasteiger partial charge in [-0.2, -0.15) is 0 Å². The fourth-order valence-electron chi connectivity index (χ4n) is 4.46. The molecular weight excluding hydrogens is 473 g/mol. The van der Waals surface area contributed by atoms with Gasteiger partial charge in [0.15, 0.2) is 5.96 Å². The summed E-state index contributed by atoms with van der Waals surface area (Å²) in [5, 5.41) is 3.55. The Morgan fingerprint density at radius 3 is 2.41 bits per heavy atom. The summed E-state index contributed by atoms with van der Waals surface area (Å²) in [5.41, 5.74) is 1.46. The Morgan fingerprint density at radius 1 is 1.10 bits per heavy atom. The number of rotatable bonds is 6. The smallest absolute Gasteiger partial charge is 0.193 e. The van der Waals surface area contributed by atoms with Crippen molar-refractivity contribution in [3.05, 3.63) is 35.9 Å². The highest BCUT2D eigenvalue weighted by Crippen LogP contribution is 2.27. The second-order valence-corrected chi connectivity index (χ2v) is 8.69. The number of nitrogens with one attached hydrogen (secondary N) is 1. The molecule has 0 spiro atoms. The standard InChI is InChI=1S/C23H39N5.HI/c1-5-24-23(28-12-11-21(18-28)20-9-7-6-8-10-20)25-17-22(19(2)3)27-15-13-26(4)14-16-27;/h6-10,19,21-22H,5,11-18H2,1-4H3,(H,24,25);1H. The fourth-order valence-corrected chi connectivity index (χ4v) is 4.46. The minimum Gasteiger partial charge on any atom is -0.357 e. The maximum Gasteiger partial charge on any atom is 0.193 e. The van der Waals surface area contributed by atoms with Crippen LogP contribution in [0.25, 0.3) is 0 Å². The zero-order valence-electron chi connectivity index (χ0n) is 18.7. The van der Waals surface area contributed by atoms with Crippen LogP contribution in [0.4, 0.5) is 0 Å². The summed E-state index contributed by atoms with van der Waals surface area (Å²) < 4.78 is 0. The van der Waals surface area contributed by atoms with E-state index in [1.807, 2.05) is 0 Å². The summed E-state index contributed by atoms with van der Waals surface area (Å²) in [6.45, 7) is 15.5. The first-order valence-corrected chi connectivity index (χ1v) is 11.1. The summed E-state index contributed by atoms with van der Waals surface area (Å²) in [4.78, 5) is 12.6. The molecule has 0 saturated carbocycles. The van der Waals surface area contributed by atoms with E-state index in [0.717, 1.165) is 58.3 Å². The molecule has 2 fully saturated rings. The van der Waals surface area contributed by atoms with Gasteiger partial charge in [0.25, 0.3) is 0 Å². The van der Waals surface area contributed by atoms with Gasteiger partial charge in [-0.3, -0.25) is 9.89 Å². The maximum absolute atomic E-state index is 5.12. The largest absolute Gasteiger partial charge is 0.357 e. The van der Waals surface area contributed by atoms with Crippen LogP contribution in [0.3, 0.4) is 0 Å². The zero-order valence-corrected chi connectivity index (χ0v) is 21.0. The summed E-state index contributed by atoms with van der Waals surface area (Å²) >= 11 is 0. The van der Waals surface area contributed by atoms with Crippen LogP contribution in [0.5, 0.6) is 0 Å². The van der Waals surface area contributed by atoms with E-state index < -0.39 is 0 Å². The van der Waals surface area contributed by atoms with Crippen LogP contribution in [-0.2, 0) is 0 Å².